The second-order valence-corrected chi connectivity index (χ2v) is 9.50. The fourth-order valence-electron chi connectivity index (χ4n) is 3.08. The number of thioether (sulfide) groups is 1. The molecule has 0 bridgehead atoms. The Morgan fingerprint density at radius 1 is 1.09 bits per heavy atom. The van der Waals surface area contributed by atoms with E-state index in [0.29, 0.717) is 33.5 Å². The summed E-state index contributed by atoms with van der Waals surface area (Å²) in [7, 11) is 0. The van der Waals surface area contributed by atoms with Crippen molar-refractivity contribution in [3.63, 3.8) is 0 Å². The molecular formula is C25H26N6O3S. The highest BCUT2D eigenvalue weighted by molar-refractivity contribution is 7.98. The van der Waals surface area contributed by atoms with Gasteiger partial charge in [-0.05, 0) is 44.5 Å². The maximum Gasteiger partial charge on any atom is 0.412 e. The summed E-state index contributed by atoms with van der Waals surface area (Å²) in [5, 5.41) is 15.5. The number of anilines is 3. The van der Waals surface area contributed by atoms with Crippen LogP contribution in [0.4, 0.5) is 22.0 Å². The lowest BCUT2D eigenvalue weighted by molar-refractivity contribution is -0.114. The smallest absolute Gasteiger partial charge is 0.412 e. The van der Waals surface area contributed by atoms with E-state index in [1.807, 2.05) is 18.2 Å². The molecule has 9 nitrogen and oxygen atoms in total. The highest BCUT2D eigenvalue weighted by Gasteiger charge is 2.18. The molecule has 35 heavy (non-hydrogen) atoms. The van der Waals surface area contributed by atoms with Gasteiger partial charge in [0.05, 0.1) is 5.69 Å². The lowest BCUT2D eigenvalue weighted by Crippen LogP contribution is -2.27. The SMILES string of the molecule is CC(=O)Nc1ccc(-c2nc(SCc3ccccc3NC(=O)OC(C)(C)C)nc(N)c2C#N)cc1. The van der Waals surface area contributed by atoms with Crippen LogP contribution in [0.2, 0.25) is 0 Å². The molecule has 1 heterocycles. The minimum Gasteiger partial charge on any atom is -0.444 e. The van der Waals surface area contributed by atoms with E-state index >= 15 is 0 Å². The third kappa shape index (κ3) is 7.19. The monoisotopic (exact) mass is 490 g/mol. The zero-order valence-corrected chi connectivity index (χ0v) is 20.7. The first-order valence-electron chi connectivity index (χ1n) is 10.7. The summed E-state index contributed by atoms with van der Waals surface area (Å²) in [5.41, 5.74) is 8.79. The van der Waals surface area contributed by atoms with Crippen LogP contribution in [0, 0.1) is 11.3 Å². The van der Waals surface area contributed by atoms with E-state index in [1.165, 1.54) is 18.7 Å². The quantitative estimate of drug-likeness (QED) is 0.316. The van der Waals surface area contributed by atoms with Gasteiger partial charge >= 0.3 is 6.09 Å². The molecule has 0 saturated carbocycles. The highest BCUT2D eigenvalue weighted by atomic mass is 32.2. The molecule has 0 aliphatic heterocycles. The zero-order valence-electron chi connectivity index (χ0n) is 19.9. The molecule has 3 aromatic rings. The number of nitrogen functional groups attached to an aromatic ring is 1. The van der Waals surface area contributed by atoms with Crippen molar-refractivity contribution in [2.45, 2.75) is 44.2 Å². The number of carbonyl (C=O) groups excluding carboxylic acids is 2. The molecule has 10 heteroatoms. The van der Waals surface area contributed by atoms with Gasteiger partial charge in [0, 0.05) is 29.6 Å². The number of nitriles is 1. The van der Waals surface area contributed by atoms with E-state index in [2.05, 4.69) is 26.7 Å². The molecule has 1 aromatic heterocycles. The molecule has 0 aliphatic rings. The number of nitrogens with zero attached hydrogens (tertiary/aromatic N) is 3. The van der Waals surface area contributed by atoms with Crippen LogP contribution in [-0.2, 0) is 15.3 Å². The van der Waals surface area contributed by atoms with Gasteiger partial charge < -0.3 is 15.8 Å². The second kappa shape index (κ2) is 10.9. The van der Waals surface area contributed by atoms with Crippen molar-refractivity contribution in [1.29, 1.82) is 5.26 Å². The molecular weight excluding hydrogens is 464 g/mol. The Balaban J connectivity index is 1.83. The van der Waals surface area contributed by atoms with E-state index in [-0.39, 0.29) is 17.3 Å². The standard InChI is InChI=1S/C25H26N6O3S/c1-15(32)28-18-11-9-16(10-12-18)21-19(13-26)22(27)31-23(30-21)35-14-17-7-5-6-8-20(17)29-24(33)34-25(2,3)4/h5-12H,14H2,1-4H3,(H,28,32)(H,29,33)(H2,27,30,31). The zero-order chi connectivity index (χ0) is 25.6. The number of hydrogen-bond donors (Lipinski definition) is 3. The predicted molar refractivity (Wildman–Crippen MR) is 137 cm³/mol. The van der Waals surface area contributed by atoms with E-state index in [9.17, 15) is 14.9 Å². The van der Waals surface area contributed by atoms with Crippen LogP contribution in [0.3, 0.4) is 0 Å². The lowest BCUT2D eigenvalue weighted by Gasteiger charge is -2.20. The van der Waals surface area contributed by atoms with Gasteiger partial charge in [-0.25, -0.2) is 14.8 Å². The number of rotatable bonds is 6. The Kier molecular flexibility index (Phi) is 7.94. The number of benzene rings is 2. The van der Waals surface area contributed by atoms with Crippen molar-refractivity contribution in [3.05, 3.63) is 59.7 Å². The van der Waals surface area contributed by atoms with E-state index in [1.54, 1.807) is 51.1 Å². The minimum absolute atomic E-state index is 0.0751. The summed E-state index contributed by atoms with van der Waals surface area (Å²) < 4.78 is 5.34. The van der Waals surface area contributed by atoms with Crippen LogP contribution in [0.5, 0.6) is 0 Å². The van der Waals surface area contributed by atoms with Crippen LogP contribution >= 0.6 is 11.8 Å². The first-order chi connectivity index (χ1) is 16.6. The van der Waals surface area contributed by atoms with Crippen molar-refractivity contribution in [2.24, 2.45) is 0 Å². The molecule has 0 unspecified atom stereocenters. The number of amides is 2. The third-order valence-corrected chi connectivity index (χ3v) is 5.41. The Labute approximate surface area is 208 Å². The van der Waals surface area contributed by atoms with E-state index < -0.39 is 11.7 Å². The second-order valence-electron chi connectivity index (χ2n) is 8.56. The summed E-state index contributed by atoms with van der Waals surface area (Å²) >= 11 is 1.32. The number of aromatic nitrogens is 2. The Hall–Kier alpha value is -4.10. The Morgan fingerprint density at radius 3 is 2.40 bits per heavy atom. The number of para-hydroxylation sites is 1. The van der Waals surface area contributed by atoms with Crippen molar-refractivity contribution in [3.8, 4) is 17.3 Å². The molecule has 0 fully saturated rings. The van der Waals surface area contributed by atoms with Crippen LogP contribution in [0.15, 0.2) is 53.7 Å². The van der Waals surface area contributed by atoms with Crippen LogP contribution < -0.4 is 16.4 Å². The maximum absolute atomic E-state index is 12.2. The summed E-state index contributed by atoms with van der Waals surface area (Å²) in [6.45, 7) is 6.82. The molecule has 0 aliphatic carbocycles. The van der Waals surface area contributed by atoms with Gasteiger partial charge in [0.25, 0.3) is 0 Å². The van der Waals surface area contributed by atoms with Crippen LogP contribution in [0.25, 0.3) is 11.3 Å². The fraction of sp³-hybridized carbons (Fsp3) is 0.240. The number of hydrogen-bond acceptors (Lipinski definition) is 8. The van der Waals surface area contributed by atoms with Gasteiger partial charge in [-0.15, -0.1) is 0 Å². The van der Waals surface area contributed by atoms with Crippen molar-refractivity contribution < 1.29 is 14.3 Å². The minimum atomic E-state index is -0.613. The average Bonchev–Trinajstić information content (AvgIpc) is 2.77. The molecule has 3 rings (SSSR count). The average molecular weight is 491 g/mol. The van der Waals surface area contributed by atoms with Gasteiger partial charge in [-0.1, -0.05) is 42.1 Å². The molecule has 0 spiro atoms. The summed E-state index contributed by atoms with van der Waals surface area (Å²) in [6.07, 6.45) is -0.543. The first kappa shape index (κ1) is 25.5. The topological polar surface area (TPSA) is 143 Å². The molecule has 0 radical (unpaired) electrons. The largest absolute Gasteiger partial charge is 0.444 e. The van der Waals surface area contributed by atoms with Gasteiger partial charge in [-0.2, -0.15) is 5.26 Å². The number of nitrogens with two attached hydrogens (primary N) is 1. The normalized spacial score (nSPS) is 10.8. The van der Waals surface area contributed by atoms with Crippen molar-refractivity contribution in [1.82, 2.24) is 9.97 Å². The molecule has 0 atom stereocenters. The van der Waals surface area contributed by atoms with Crippen LogP contribution in [0.1, 0.15) is 38.8 Å². The van der Waals surface area contributed by atoms with Gasteiger partial charge in [0.1, 0.15) is 23.1 Å². The molecule has 0 saturated heterocycles. The Bertz CT molecular complexity index is 1280. The fourth-order valence-corrected chi connectivity index (χ4v) is 3.93. The first-order valence-corrected chi connectivity index (χ1v) is 11.7. The highest BCUT2D eigenvalue weighted by Crippen LogP contribution is 2.31. The van der Waals surface area contributed by atoms with Gasteiger partial charge in [0.2, 0.25) is 5.91 Å². The molecule has 4 N–H and O–H groups in total. The molecule has 2 aromatic carbocycles. The van der Waals surface area contributed by atoms with E-state index in [4.69, 9.17) is 10.5 Å². The molecule has 180 valence electrons. The number of ether oxygens (including phenoxy) is 1. The lowest BCUT2D eigenvalue weighted by atomic mass is 10.1. The van der Waals surface area contributed by atoms with Gasteiger partial charge in [0.15, 0.2) is 5.16 Å². The van der Waals surface area contributed by atoms with Crippen LogP contribution in [-0.4, -0.2) is 27.6 Å². The summed E-state index contributed by atoms with van der Waals surface area (Å²) in [4.78, 5) is 32.3. The maximum atomic E-state index is 12.2. The van der Waals surface area contributed by atoms with Gasteiger partial charge in [-0.3, -0.25) is 10.1 Å². The summed E-state index contributed by atoms with van der Waals surface area (Å²) in [6, 6.07) is 16.4. The Morgan fingerprint density at radius 2 is 1.77 bits per heavy atom. The van der Waals surface area contributed by atoms with E-state index in [0.717, 1.165) is 5.56 Å². The predicted octanol–water partition coefficient (Wildman–Crippen LogP) is 5.20. The van der Waals surface area contributed by atoms with Crippen molar-refractivity contribution in [2.75, 3.05) is 16.4 Å². The molecule has 2 amide bonds. The summed E-state index contributed by atoms with van der Waals surface area (Å²) in [5.74, 6) is 0.339. The number of carbonyl (C=O) groups is 2. The van der Waals surface area contributed by atoms with Crippen molar-refractivity contribution >= 4 is 41.0 Å². The third-order valence-electron chi connectivity index (χ3n) is 4.52. The number of nitrogens with one attached hydrogen (secondary N) is 2.